The summed E-state index contributed by atoms with van der Waals surface area (Å²) in [6.07, 6.45) is 3.90. The highest BCUT2D eigenvalue weighted by atomic mass is 32.2. The summed E-state index contributed by atoms with van der Waals surface area (Å²) in [6.45, 7) is 1.47. The van der Waals surface area contributed by atoms with E-state index in [2.05, 4.69) is 4.98 Å². The van der Waals surface area contributed by atoms with Crippen molar-refractivity contribution in [2.24, 2.45) is 5.92 Å². The van der Waals surface area contributed by atoms with Crippen LogP contribution in [0.5, 0.6) is 0 Å². The Morgan fingerprint density at radius 1 is 1.45 bits per heavy atom. The molecule has 0 aliphatic carbocycles. The Hall–Kier alpha value is -1.80. The van der Waals surface area contributed by atoms with Gasteiger partial charge in [0.15, 0.2) is 5.78 Å². The maximum absolute atomic E-state index is 12.5. The molecule has 1 aliphatic rings. The van der Waals surface area contributed by atoms with Crippen LogP contribution in [0.25, 0.3) is 0 Å². The van der Waals surface area contributed by atoms with Gasteiger partial charge in [-0.25, -0.2) is 8.42 Å². The Labute approximate surface area is 129 Å². The van der Waals surface area contributed by atoms with Gasteiger partial charge in [0.2, 0.25) is 10.0 Å². The Bertz CT molecular complexity index is 644. The number of ketones is 1. The van der Waals surface area contributed by atoms with Gasteiger partial charge in [-0.05, 0) is 31.9 Å². The van der Waals surface area contributed by atoms with E-state index in [0.29, 0.717) is 19.4 Å². The molecule has 2 rings (SSSR count). The van der Waals surface area contributed by atoms with Crippen molar-refractivity contribution in [2.45, 2.75) is 24.7 Å². The summed E-state index contributed by atoms with van der Waals surface area (Å²) < 4.78 is 31.2. The molecule has 22 heavy (non-hydrogen) atoms. The summed E-state index contributed by atoms with van der Waals surface area (Å²) in [5.41, 5.74) is 0. The summed E-state index contributed by atoms with van der Waals surface area (Å²) in [5.74, 6) is -1.31. The van der Waals surface area contributed by atoms with Crippen LogP contribution < -0.4 is 0 Å². The zero-order valence-electron chi connectivity index (χ0n) is 12.3. The van der Waals surface area contributed by atoms with Crippen LogP contribution in [-0.4, -0.2) is 49.2 Å². The molecule has 2 heterocycles. The van der Waals surface area contributed by atoms with Crippen molar-refractivity contribution in [1.82, 2.24) is 9.29 Å². The number of hydrogen-bond donors (Lipinski definition) is 0. The fourth-order valence-corrected chi connectivity index (χ4v) is 3.78. The number of esters is 1. The number of carbonyl (C=O) groups excluding carboxylic acids is 2. The van der Waals surface area contributed by atoms with Gasteiger partial charge in [-0.15, -0.1) is 0 Å². The number of pyridine rings is 1. The topological polar surface area (TPSA) is 93.6 Å². The molecule has 0 saturated carbocycles. The molecule has 1 aliphatic heterocycles. The number of piperidine rings is 1. The van der Waals surface area contributed by atoms with Gasteiger partial charge >= 0.3 is 5.97 Å². The molecule has 7 nitrogen and oxygen atoms in total. The predicted molar refractivity (Wildman–Crippen MR) is 77.4 cm³/mol. The van der Waals surface area contributed by atoms with Crippen LogP contribution >= 0.6 is 0 Å². The number of carbonyl (C=O) groups is 2. The maximum atomic E-state index is 12.5. The zero-order chi connectivity index (χ0) is 16.2. The molecule has 120 valence electrons. The molecule has 0 amide bonds. The molecule has 1 saturated heterocycles. The van der Waals surface area contributed by atoms with Gasteiger partial charge in [0, 0.05) is 25.5 Å². The highest BCUT2D eigenvalue weighted by Crippen LogP contribution is 2.24. The normalized spacial score (nSPS) is 19.6. The van der Waals surface area contributed by atoms with Gasteiger partial charge in [0.25, 0.3) is 0 Å². The van der Waals surface area contributed by atoms with Crippen molar-refractivity contribution in [3.63, 3.8) is 0 Å². The average Bonchev–Trinajstić information content (AvgIpc) is 2.53. The van der Waals surface area contributed by atoms with Gasteiger partial charge in [0.05, 0.1) is 5.92 Å². The van der Waals surface area contributed by atoms with E-state index >= 15 is 0 Å². The second kappa shape index (κ2) is 6.97. The molecule has 1 atom stereocenters. The number of Topliss-reactive ketones (excluding diaryl/α,β-unsaturated/α-hetero) is 1. The largest absolute Gasteiger partial charge is 0.457 e. The molecule has 0 N–H and O–H groups in total. The number of nitrogens with zero attached hydrogens (tertiary/aromatic N) is 2. The maximum Gasteiger partial charge on any atom is 0.310 e. The minimum atomic E-state index is -3.66. The Kier molecular flexibility index (Phi) is 5.25. The number of rotatable bonds is 5. The van der Waals surface area contributed by atoms with Gasteiger partial charge in [-0.1, -0.05) is 0 Å². The highest BCUT2D eigenvalue weighted by molar-refractivity contribution is 7.89. The van der Waals surface area contributed by atoms with Crippen LogP contribution in [0.4, 0.5) is 0 Å². The highest BCUT2D eigenvalue weighted by Gasteiger charge is 2.34. The quantitative estimate of drug-likeness (QED) is 0.736. The van der Waals surface area contributed by atoms with Gasteiger partial charge in [-0.2, -0.15) is 4.31 Å². The van der Waals surface area contributed by atoms with Gasteiger partial charge in [-0.3, -0.25) is 14.6 Å². The van der Waals surface area contributed by atoms with Crippen LogP contribution in [-0.2, 0) is 24.3 Å². The van der Waals surface area contributed by atoms with Crippen LogP contribution in [0.3, 0.4) is 0 Å². The zero-order valence-corrected chi connectivity index (χ0v) is 13.1. The van der Waals surface area contributed by atoms with Crippen molar-refractivity contribution in [2.75, 3.05) is 19.7 Å². The SMILES string of the molecule is CC(=O)COC(=O)[C@H]1CCCN(S(=O)(=O)c2cccnc2)C1. The van der Waals surface area contributed by atoms with E-state index in [9.17, 15) is 18.0 Å². The third-order valence-corrected chi connectivity index (χ3v) is 5.26. The first-order valence-electron chi connectivity index (χ1n) is 6.97. The first kappa shape index (κ1) is 16.6. The molecular formula is C14H18N2O5S. The first-order chi connectivity index (χ1) is 10.4. The summed E-state index contributed by atoms with van der Waals surface area (Å²) in [5, 5.41) is 0. The lowest BCUT2D eigenvalue weighted by Crippen LogP contribution is -2.42. The van der Waals surface area contributed by atoms with Crippen molar-refractivity contribution in [3.05, 3.63) is 24.5 Å². The smallest absolute Gasteiger partial charge is 0.310 e. The fourth-order valence-electron chi connectivity index (χ4n) is 2.29. The van der Waals surface area contributed by atoms with Crippen LogP contribution in [0.15, 0.2) is 29.4 Å². The number of aromatic nitrogens is 1. The third kappa shape index (κ3) is 3.89. The Balaban J connectivity index is 2.07. The van der Waals surface area contributed by atoms with Crippen LogP contribution in [0, 0.1) is 5.92 Å². The lowest BCUT2D eigenvalue weighted by Gasteiger charge is -2.30. The van der Waals surface area contributed by atoms with E-state index in [4.69, 9.17) is 4.74 Å². The van der Waals surface area contributed by atoms with Crippen molar-refractivity contribution >= 4 is 21.8 Å². The molecule has 1 aromatic rings. The molecule has 1 aromatic heterocycles. The predicted octanol–water partition coefficient (Wildman–Crippen LogP) is 0.614. The fraction of sp³-hybridized carbons (Fsp3) is 0.500. The summed E-state index contributed by atoms with van der Waals surface area (Å²) >= 11 is 0. The van der Waals surface area contributed by atoms with E-state index in [1.54, 1.807) is 6.07 Å². The molecule has 8 heteroatoms. The monoisotopic (exact) mass is 326 g/mol. The summed E-state index contributed by atoms with van der Waals surface area (Å²) in [4.78, 5) is 26.7. The second-order valence-corrected chi connectivity index (χ2v) is 7.14. The lowest BCUT2D eigenvalue weighted by atomic mass is 10.00. The average molecular weight is 326 g/mol. The van der Waals surface area contributed by atoms with E-state index in [1.807, 2.05) is 0 Å². The van der Waals surface area contributed by atoms with Crippen molar-refractivity contribution < 1.29 is 22.7 Å². The van der Waals surface area contributed by atoms with E-state index in [1.165, 1.54) is 29.7 Å². The van der Waals surface area contributed by atoms with E-state index in [0.717, 1.165) is 0 Å². The Morgan fingerprint density at radius 3 is 2.86 bits per heavy atom. The molecule has 1 fully saturated rings. The minimum Gasteiger partial charge on any atom is -0.457 e. The Morgan fingerprint density at radius 2 is 2.23 bits per heavy atom. The lowest BCUT2D eigenvalue weighted by molar-refractivity contribution is -0.152. The number of ether oxygens (including phenoxy) is 1. The molecule has 0 spiro atoms. The first-order valence-corrected chi connectivity index (χ1v) is 8.41. The van der Waals surface area contributed by atoms with E-state index in [-0.39, 0.29) is 23.8 Å². The molecular weight excluding hydrogens is 308 g/mol. The van der Waals surface area contributed by atoms with Gasteiger partial charge in [0.1, 0.15) is 11.5 Å². The summed E-state index contributed by atoms with van der Waals surface area (Å²) in [6, 6.07) is 3.02. The molecule has 0 aromatic carbocycles. The number of sulfonamides is 1. The minimum absolute atomic E-state index is 0.0635. The van der Waals surface area contributed by atoms with Crippen LogP contribution in [0.1, 0.15) is 19.8 Å². The van der Waals surface area contributed by atoms with Crippen molar-refractivity contribution in [3.8, 4) is 0 Å². The molecule has 0 unspecified atom stereocenters. The van der Waals surface area contributed by atoms with E-state index < -0.39 is 21.9 Å². The van der Waals surface area contributed by atoms with Gasteiger partial charge < -0.3 is 4.74 Å². The van der Waals surface area contributed by atoms with Crippen molar-refractivity contribution in [1.29, 1.82) is 0 Å². The standard InChI is InChI=1S/C14H18N2O5S/c1-11(17)10-21-14(18)12-4-3-7-16(9-12)22(19,20)13-5-2-6-15-8-13/h2,5-6,8,12H,3-4,7,9-10H2,1H3/t12-/m0/s1. The second-order valence-electron chi connectivity index (χ2n) is 5.20. The molecule has 0 radical (unpaired) electrons. The summed E-state index contributed by atoms with van der Waals surface area (Å²) in [7, 11) is -3.66. The number of hydrogen-bond acceptors (Lipinski definition) is 6. The molecule has 0 bridgehead atoms. The van der Waals surface area contributed by atoms with Crippen LogP contribution in [0.2, 0.25) is 0 Å². The third-order valence-electron chi connectivity index (χ3n) is 3.41.